The van der Waals surface area contributed by atoms with E-state index in [4.69, 9.17) is 10.5 Å². The van der Waals surface area contributed by atoms with E-state index in [2.05, 4.69) is 4.74 Å². The molecule has 1 aromatic rings. The molecule has 0 unspecified atom stereocenters. The standard InChI is InChI=1S/C14H19NO4/c1-9(2)12(15)14(17)19-8-10-4-6-11(7-5-10)13(16)18-3/h4-7,9,12H,8,15H2,1-3H3/t12-/m0/s1. The van der Waals surface area contributed by atoms with Crippen molar-refractivity contribution in [3.8, 4) is 0 Å². The van der Waals surface area contributed by atoms with Crippen LogP contribution in [0.5, 0.6) is 0 Å². The number of benzene rings is 1. The Hall–Kier alpha value is -1.88. The monoisotopic (exact) mass is 265 g/mol. The fraction of sp³-hybridized carbons (Fsp3) is 0.429. The number of ether oxygens (including phenoxy) is 2. The van der Waals surface area contributed by atoms with Crippen LogP contribution < -0.4 is 5.73 Å². The van der Waals surface area contributed by atoms with Crippen LogP contribution in [0.15, 0.2) is 24.3 Å². The third-order valence-electron chi connectivity index (χ3n) is 2.75. The maximum atomic E-state index is 11.6. The lowest BCUT2D eigenvalue weighted by molar-refractivity contribution is -0.147. The van der Waals surface area contributed by atoms with Gasteiger partial charge in [-0.25, -0.2) is 4.79 Å². The second-order valence-corrected chi connectivity index (χ2v) is 4.57. The van der Waals surface area contributed by atoms with E-state index in [9.17, 15) is 9.59 Å². The first-order valence-corrected chi connectivity index (χ1v) is 6.05. The average molecular weight is 265 g/mol. The number of carbonyl (C=O) groups is 2. The number of hydrogen-bond acceptors (Lipinski definition) is 5. The smallest absolute Gasteiger partial charge is 0.337 e. The van der Waals surface area contributed by atoms with Gasteiger partial charge >= 0.3 is 11.9 Å². The zero-order chi connectivity index (χ0) is 14.4. The molecule has 19 heavy (non-hydrogen) atoms. The molecule has 0 spiro atoms. The third kappa shape index (κ3) is 4.37. The fourth-order valence-electron chi connectivity index (χ4n) is 1.38. The van der Waals surface area contributed by atoms with Crippen molar-refractivity contribution in [3.05, 3.63) is 35.4 Å². The summed E-state index contributed by atoms with van der Waals surface area (Å²) in [7, 11) is 1.32. The molecule has 1 rings (SSSR count). The second kappa shape index (κ2) is 6.89. The Morgan fingerprint density at radius 1 is 1.21 bits per heavy atom. The summed E-state index contributed by atoms with van der Waals surface area (Å²) in [4.78, 5) is 22.8. The lowest BCUT2D eigenvalue weighted by Gasteiger charge is -2.14. The van der Waals surface area contributed by atoms with Crippen LogP contribution in [0, 0.1) is 5.92 Å². The van der Waals surface area contributed by atoms with Gasteiger partial charge in [0.1, 0.15) is 12.6 Å². The van der Waals surface area contributed by atoms with E-state index in [-0.39, 0.29) is 12.5 Å². The van der Waals surface area contributed by atoms with E-state index >= 15 is 0 Å². The fourth-order valence-corrected chi connectivity index (χ4v) is 1.38. The Balaban J connectivity index is 2.55. The molecule has 0 heterocycles. The van der Waals surface area contributed by atoms with Crippen LogP contribution in [0.2, 0.25) is 0 Å². The van der Waals surface area contributed by atoms with Gasteiger partial charge < -0.3 is 15.2 Å². The summed E-state index contributed by atoms with van der Waals surface area (Å²) >= 11 is 0. The van der Waals surface area contributed by atoms with Crippen LogP contribution >= 0.6 is 0 Å². The van der Waals surface area contributed by atoms with Gasteiger partial charge in [-0.15, -0.1) is 0 Å². The first kappa shape index (κ1) is 15.2. The van der Waals surface area contributed by atoms with E-state index in [1.54, 1.807) is 24.3 Å². The number of methoxy groups -OCH3 is 1. The molecule has 0 fully saturated rings. The summed E-state index contributed by atoms with van der Waals surface area (Å²) in [6, 6.07) is 6.05. The molecule has 1 atom stereocenters. The molecule has 5 heteroatoms. The van der Waals surface area contributed by atoms with Gasteiger partial charge in [0.15, 0.2) is 0 Å². The Morgan fingerprint density at radius 3 is 2.26 bits per heavy atom. The van der Waals surface area contributed by atoms with Crippen molar-refractivity contribution in [1.82, 2.24) is 0 Å². The van der Waals surface area contributed by atoms with E-state index in [0.29, 0.717) is 5.56 Å². The van der Waals surface area contributed by atoms with Crippen LogP contribution in [0.4, 0.5) is 0 Å². The molecule has 0 aromatic heterocycles. The van der Waals surface area contributed by atoms with Crippen LogP contribution in [-0.4, -0.2) is 25.1 Å². The van der Waals surface area contributed by atoms with Gasteiger partial charge in [0.05, 0.1) is 12.7 Å². The third-order valence-corrected chi connectivity index (χ3v) is 2.75. The minimum atomic E-state index is -0.616. The van der Waals surface area contributed by atoms with Crippen LogP contribution in [0.1, 0.15) is 29.8 Å². The Kier molecular flexibility index (Phi) is 5.51. The highest BCUT2D eigenvalue weighted by Gasteiger charge is 2.18. The van der Waals surface area contributed by atoms with Crippen LogP contribution in [0.3, 0.4) is 0 Å². The molecule has 0 amide bonds. The summed E-state index contributed by atoms with van der Waals surface area (Å²) < 4.78 is 9.69. The summed E-state index contributed by atoms with van der Waals surface area (Å²) in [5.74, 6) is -0.786. The van der Waals surface area contributed by atoms with Crippen molar-refractivity contribution in [1.29, 1.82) is 0 Å². The zero-order valence-corrected chi connectivity index (χ0v) is 11.4. The van der Waals surface area contributed by atoms with Crippen molar-refractivity contribution < 1.29 is 19.1 Å². The Labute approximate surface area is 112 Å². The van der Waals surface area contributed by atoms with Crippen molar-refractivity contribution in [2.24, 2.45) is 11.7 Å². The molecule has 0 saturated carbocycles. The maximum absolute atomic E-state index is 11.6. The van der Waals surface area contributed by atoms with E-state index in [0.717, 1.165) is 5.56 Å². The number of nitrogens with two attached hydrogens (primary N) is 1. The van der Waals surface area contributed by atoms with Gasteiger partial charge in [0.25, 0.3) is 0 Å². The number of hydrogen-bond donors (Lipinski definition) is 1. The van der Waals surface area contributed by atoms with Crippen molar-refractivity contribution in [2.75, 3.05) is 7.11 Å². The SMILES string of the molecule is COC(=O)c1ccc(COC(=O)[C@@H](N)C(C)C)cc1. The highest BCUT2D eigenvalue weighted by Crippen LogP contribution is 2.08. The molecular formula is C14H19NO4. The molecule has 104 valence electrons. The lowest BCUT2D eigenvalue weighted by atomic mass is 10.1. The van der Waals surface area contributed by atoms with Gasteiger partial charge in [-0.05, 0) is 23.6 Å². The van der Waals surface area contributed by atoms with E-state index in [1.807, 2.05) is 13.8 Å². The predicted molar refractivity (Wildman–Crippen MR) is 70.4 cm³/mol. The molecule has 0 aliphatic heterocycles. The molecule has 2 N–H and O–H groups in total. The molecular weight excluding hydrogens is 246 g/mol. The van der Waals surface area contributed by atoms with Gasteiger partial charge in [-0.2, -0.15) is 0 Å². The summed E-state index contributed by atoms with van der Waals surface area (Å²) in [6.45, 7) is 3.86. The van der Waals surface area contributed by atoms with E-state index < -0.39 is 18.0 Å². The minimum Gasteiger partial charge on any atom is -0.465 e. The van der Waals surface area contributed by atoms with Crippen LogP contribution in [0.25, 0.3) is 0 Å². The van der Waals surface area contributed by atoms with Gasteiger partial charge in [0.2, 0.25) is 0 Å². The van der Waals surface area contributed by atoms with Gasteiger partial charge in [0, 0.05) is 0 Å². The van der Waals surface area contributed by atoms with Gasteiger partial charge in [-0.3, -0.25) is 4.79 Å². The molecule has 0 aliphatic carbocycles. The highest BCUT2D eigenvalue weighted by molar-refractivity contribution is 5.89. The summed E-state index contributed by atoms with van der Waals surface area (Å²) in [5, 5.41) is 0. The minimum absolute atomic E-state index is 0.0363. The van der Waals surface area contributed by atoms with E-state index in [1.165, 1.54) is 7.11 Å². The Morgan fingerprint density at radius 2 is 1.79 bits per heavy atom. The van der Waals surface area contributed by atoms with Gasteiger partial charge in [-0.1, -0.05) is 26.0 Å². The number of rotatable bonds is 5. The van der Waals surface area contributed by atoms with Crippen LogP contribution in [-0.2, 0) is 20.9 Å². The first-order valence-electron chi connectivity index (χ1n) is 6.05. The van der Waals surface area contributed by atoms with Crippen molar-refractivity contribution in [3.63, 3.8) is 0 Å². The zero-order valence-electron chi connectivity index (χ0n) is 11.4. The number of esters is 2. The normalized spacial score (nSPS) is 12.1. The lowest BCUT2D eigenvalue weighted by Crippen LogP contribution is -2.36. The average Bonchev–Trinajstić information content (AvgIpc) is 2.43. The second-order valence-electron chi connectivity index (χ2n) is 4.57. The Bertz CT molecular complexity index is 439. The molecule has 1 aromatic carbocycles. The molecule has 5 nitrogen and oxygen atoms in total. The highest BCUT2D eigenvalue weighted by atomic mass is 16.5. The molecule has 0 radical (unpaired) electrons. The van der Waals surface area contributed by atoms with Crippen molar-refractivity contribution in [2.45, 2.75) is 26.5 Å². The quantitative estimate of drug-likeness (QED) is 0.816. The van der Waals surface area contributed by atoms with Crippen molar-refractivity contribution >= 4 is 11.9 Å². The first-order chi connectivity index (χ1) is 8.95. The molecule has 0 bridgehead atoms. The summed E-state index contributed by atoms with van der Waals surface area (Å²) in [5.41, 5.74) is 6.91. The molecule has 0 saturated heterocycles. The molecule has 0 aliphatic rings. The summed E-state index contributed by atoms with van der Waals surface area (Å²) in [6.07, 6.45) is 0. The largest absolute Gasteiger partial charge is 0.465 e. The predicted octanol–water partition coefficient (Wildman–Crippen LogP) is 1.50. The number of carbonyl (C=O) groups excluding carboxylic acids is 2. The maximum Gasteiger partial charge on any atom is 0.337 e. The topological polar surface area (TPSA) is 78.6 Å².